The summed E-state index contributed by atoms with van der Waals surface area (Å²) in [6.45, 7) is 6.97. The number of hydrogen-bond acceptors (Lipinski definition) is 3. The molecule has 1 N–H and O–H groups in total. The van der Waals surface area contributed by atoms with Gasteiger partial charge in [-0.3, -0.25) is 9.36 Å². The number of amides is 2. The zero-order valence-electron chi connectivity index (χ0n) is 18.6. The van der Waals surface area contributed by atoms with Gasteiger partial charge in [-0.2, -0.15) is 0 Å². The van der Waals surface area contributed by atoms with Crippen molar-refractivity contribution < 1.29 is 4.79 Å². The number of rotatable bonds is 8. The fourth-order valence-electron chi connectivity index (χ4n) is 3.79. The van der Waals surface area contributed by atoms with Crippen LogP contribution in [0.5, 0.6) is 0 Å². The summed E-state index contributed by atoms with van der Waals surface area (Å²) in [4.78, 5) is 33.1. The van der Waals surface area contributed by atoms with Gasteiger partial charge in [0.25, 0.3) is 5.56 Å². The van der Waals surface area contributed by atoms with Gasteiger partial charge in [0.1, 0.15) is 5.82 Å². The molecule has 3 aromatic rings. The number of para-hydroxylation sites is 1. The highest BCUT2D eigenvalue weighted by molar-refractivity contribution is 6.36. The molecule has 1 heterocycles. The third-order valence-electron chi connectivity index (χ3n) is 5.45. The van der Waals surface area contributed by atoms with Crippen LogP contribution in [0.25, 0.3) is 10.9 Å². The topological polar surface area (TPSA) is 67.2 Å². The van der Waals surface area contributed by atoms with E-state index in [0.717, 1.165) is 12.8 Å². The third kappa shape index (κ3) is 5.08. The van der Waals surface area contributed by atoms with Crippen LogP contribution in [0.1, 0.15) is 51.9 Å². The molecule has 0 saturated heterocycles. The lowest BCUT2D eigenvalue weighted by atomic mass is 10.1. The van der Waals surface area contributed by atoms with Gasteiger partial charge in [0.15, 0.2) is 0 Å². The van der Waals surface area contributed by atoms with Crippen LogP contribution in [0.4, 0.5) is 10.5 Å². The SMILES string of the molecule is CCCCN(C(=O)Nc1ccc(Cl)cc1Cl)C(CC)c1nc2ccccc2c(=O)n1CC. The van der Waals surface area contributed by atoms with E-state index in [4.69, 9.17) is 28.2 Å². The maximum Gasteiger partial charge on any atom is 0.322 e. The highest BCUT2D eigenvalue weighted by Gasteiger charge is 2.28. The van der Waals surface area contributed by atoms with E-state index in [1.54, 1.807) is 33.7 Å². The van der Waals surface area contributed by atoms with Gasteiger partial charge < -0.3 is 10.2 Å². The van der Waals surface area contributed by atoms with Crippen molar-refractivity contribution in [1.82, 2.24) is 14.5 Å². The molecule has 0 saturated carbocycles. The molecule has 1 atom stereocenters. The van der Waals surface area contributed by atoms with Crippen molar-refractivity contribution in [3.05, 3.63) is 68.7 Å². The zero-order chi connectivity index (χ0) is 23.3. The Morgan fingerprint density at radius 2 is 1.91 bits per heavy atom. The van der Waals surface area contributed by atoms with Crippen LogP contribution in [0.3, 0.4) is 0 Å². The van der Waals surface area contributed by atoms with Gasteiger partial charge in [0.05, 0.1) is 27.7 Å². The van der Waals surface area contributed by atoms with E-state index in [0.29, 0.717) is 52.0 Å². The van der Waals surface area contributed by atoms with Crippen molar-refractivity contribution in [3.63, 3.8) is 0 Å². The van der Waals surface area contributed by atoms with Gasteiger partial charge in [0, 0.05) is 18.1 Å². The summed E-state index contributed by atoms with van der Waals surface area (Å²) < 4.78 is 1.66. The van der Waals surface area contributed by atoms with E-state index in [1.165, 1.54) is 0 Å². The molecule has 170 valence electrons. The molecular formula is C24H28Cl2N4O2. The van der Waals surface area contributed by atoms with Gasteiger partial charge in [-0.25, -0.2) is 9.78 Å². The molecule has 8 heteroatoms. The van der Waals surface area contributed by atoms with Gasteiger partial charge >= 0.3 is 6.03 Å². The zero-order valence-corrected chi connectivity index (χ0v) is 20.1. The highest BCUT2D eigenvalue weighted by Crippen LogP contribution is 2.28. The maximum atomic E-state index is 13.4. The second-order valence-corrected chi connectivity index (χ2v) is 8.41. The first-order valence-corrected chi connectivity index (χ1v) is 11.7. The summed E-state index contributed by atoms with van der Waals surface area (Å²) in [6, 6.07) is 11.6. The molecule has 2 aromatic carbocycles. The molecule has 0 aliphatic rings. The van der Waals surface area contributed by atoms with Crippen molar-refractivity contribution in [3.8, 4) is 0 Å². The quantitative estimate of drug-likeness (QED) is 0.404. The fourth-order valence-corrected chi connectivity index (χ4v) is 4.25. The number of benzene rings is 2. The summed E-state index contributed by atoms with van der Waals surface area (Å²) in [7, 11) is 0. The van der Waals surface area contributed by atoms with Crippen molar-refractivity contribution in [1.29, 1.82) is 0 Å². The number of carbonyl (C=O) groups excluding carboxylic acids is 1. The van der Waals surface area contributed by atoms with Crippen LogP contribution in [0.15, 0.2) is 47.3 Å². The Hall–Kier alpha value is -2.57. The summed E-state index contributed by atoms with van der Waals surface area (Å²) >= 11 is 12.3. The highest BCUT2D eigenvalue weighted by atomic mass is 35.5. The van der Waals surface area contributed by atoms with Crippen LogP contribution in [0, 0.1) is 0 Å². The molecule has 0 aliphatic heterocycles. The minimum Gasteiger partial charge on any atom is -0.314 e. The number of carbonyl (C=O) groups is 1. The predicted molar refractivity (Wildman–Crippen MR) is 132 cm³/mol. The van der Waals surface area contributed by atoms with Gasteiger partial charge in [-0.1, -0.05) is 55.6 Å². The maximum absolute atomic E-state index is 13.4. The van der Waals surface area contributed by atoms with Crippen LogP contribution in [0.2, 0.25) is 10.0 Å². The normalized spacial score (nSPS) is 12.0. The minimum absolute atomic E-state index is 0.0943. The average Bonchev–Trinajstić information content (AvgIpc) is 2.78. The Morgan fingerprint density at radius 1 is 1.16 bits per heavy atom. The summed E-state index contributed by atoms with van der Waals surface area (Å²) in [5.41, 5.74) is 1.02. The minimum atomic E-state index is -0.370. The Kier molecular flexibility index (Phi) is 8.15. The van der Waals surface area contributed by atoms with Gasteiger partial charge in [-0.05, 0) is 50.1 Å². The van der Waals surface area contributed by atoms with E-state index in [9.17, 15) is 9.59 Å². The number of aromatic nitrogens is 2. The number of anilines is 1. The average molecular weight is 475 g/mol. The predicted octanol–water partition coefficient (Wildman–Crippen LogP) is 6.51. The first-order valence-electron chi connectivity index (χ1n) is 10.9. The van der Waals surface area contributed by atoms with Crippen LogP contribution < -0.4 is 10.9 Å². The molecule has 0 spiro atoms. The lowest BCUT2D eigenvalue weighted by Crippen LogP contribution is -2.41. The second-order valence-electron chi connectivity index (χ2n) is 7.56. The largest absolute Gasteiger partial charge is 0.322 e. The molecule has 2 amide bonds. The van der Waals surface area contributed by atoms with E-state index < -0.39 is 0 Å². The van der Waals surface area contributed by atoms with Crippen molar-refractivity contribution in [2.45, 2.75) is 52.6 Å². The van der Waals surface area contributed by atoms with Gasteiger partial charge in [-0.15, -0.1) is 0 Å². The van der Waals surface area contributed by atoms with E-state index >= 15 is 0 Å². The molecule has 32 heavy (non-hydrogen) atoms. The van der Waals surface area contributed by atoms with Crippen LogP contribution >= 0.6 is 23.2 Å². The smallest absolute Gasteiger partial charge is 0.314 e. The van der Waals surface area contributed by atoms with E-state index in [-0.39, 0.29) is 17.6 Å². The number of fused-ring (bicyclic) bond motifs is 1. The van der Waals surface area contributed by atoms with Crippen LogP contribution in [-0.2, 0) is 6.54 Å². The molecule has 3 rings (SSSR count). The molecule has 0 bridgehead atoms. The first-order chi connectivity index (χ1) is 15.4. The number of halogens is 2. The molecule has 0 radical (unpaired) electrons. The van der Waals surface area contributed by atoms with E-state index in [1.807, 2.05) is 32.0 Å². The molecule has 0 aliphatic carbocycles. The summed E-state index contributed by atoms with van der Waals surface area (Å²) in [6.07, 6.45) is 2.35. The molecule has 1 unspecified atom stereocenters. The van der Waals surface area contributed by atoms with Gasteiger partial charge in [0.2, 0.25) is 0 Å². The molecule has 6 nitrogen and oxygen atoms in total. The number of nitrogens with one attached hydrogen (secondary N) is 1. The monoisotopic (exact) mass is 474 g/mol. The van der Waals surface area contributed by atoms with Crippen molar-refractivity contribution >= 4 is 45.8 Å². The lowest BCUT2D eigenvalue weighted by molar-refractivity contribution is 0.178. The Morgan fingerprint density at radius 3 is 2.56 bits per heavy atom. The fraction of sp³-hybridized carbons (Fsp3) is 0.375. The Balaban J connectivity index is 2.05. The van der Waals surface area contributed by atoms with Crippen LogP contribution in [-0.4, -0.2) is 27.0 Å². The second kappa shape index (κ2) is 10.8. The number of hydrogen-bond donors (Lipinski definition) is 1. The Labute approximate surface area is 198 Å². The number of unbranched alkanes of at least 4 members (excludes halogenated alkanes) is 1. The Bertz CT molecular complexity index is 1160. The third-order valence-corrected chi connectivity index (χ3v) is 6.00. The molecular weight excluding hydrogens is 447 g/mol. The lowest BCUT2D eigenvalue weighted by Gasteiger charge is -2.32. The molecule has 0 fully saturated rings. The summed E-state index contributed by atoms with van der Waals surface area (Å²) in [5, 5.41) is 4.34. The number of urea groups is 1. The standard InChI is InChI=1S/C24H28Cl2N4O2/c1-4-7-14-30(24(32)28-20-13-12-16(25)15-18(20)26)21(5-2)22-27-19-11-9-8-10-17(19)23(31)29(22)6-3/h8-13,15,21H,4-7,14H2,1-3H3,(H,28,32). The summed E-state index contributed by atoms with van der Waals surface area (Å²) in [5.74, 6) is 0.590. The van der Waals surface area contributed by atoms with Crippen molar-refractivity contribution in [2.24, 2.45) is 0 Å². The number of nitrogens with zero attached hydrogens (tertiary/aromatic N) is 3. The van der Waals surface area contributed by atoms with Crippen molar-refractivity contribution in [2.75, 3.05) is 11.9 Å². The van der Waals surface area contributed by atoms with E-state index in [2.05, 4.69) is 12.2 Å². The molecule has 1 aromatic heterocycles. The first kappa shape index (κ1) is 24.1.